The van der Waals surface area contributed by atoms with E-state index >= 15 is 0 Å². The Morgan fingerprint density at radius 1 is 1.31 bits per heavy atom. The van der Waals surface area contributed by atoms with E-state index in [1.807, 2.05) is 25.2 Å². The van der Waals surface area contributed by atoms with Gasteiger partial charge in [-0.2, -0.15) is 0 Å². The quantitative estimate of drug-likeness (QED) is 0.499. The summed E-state index contributed by atoms with van der Waals surface area (Å²) in [6, 6.07) is 10.1. The van der Waals surface area contributed by atoms with Crippen LogP contribution in [0.3, 0.4) is 0 Å². The van der Waals surface area contributed by atoms with Crippen LogP contribution in [-0.4, -0.2) is 46.4 Å². The molecule has 0 spiro atoms. The van der Waals surface area contributed by atoms with Gasteiger partial charge in [-0.05, 0) is 42.5 Å². The molecule has 158 valence electrons. The van der Waals surface area contributed by atoms with Crippen LogP contribution in [0.5, 0.6) is 5.75 Å². The Labute approximate surface area is 182 Å². The van der Waals surface area contributed by atoms with Crippen molar-refractivity contribution < 1.29 is 9.47 Å². The van der Waals surface area contributed by atoms with Crippen molar-refractivity contribution in [3.63, 3.8) is 0 Å². The summed E-state index contributed by atoms with van der Waals surface area (Å²) in [5.74, 6) is 2.10. The van der Waals surface area contributed by atoms with Gasteiger partial charge in [0.25, 0.3) is 0 Å². The first-order valence-electron chi connectivity index (χ1n) is 9.97. The maximum Gasteiger partial charge on any atom is 0.191 e. The van der Waals surface area contributed by atoms with Crippen molar-refractivity contribution in [1.82, 2.24) is 10.6 Å². The highest BCUT2D eigenvalue weighted by atomic mass is 35.5. The Hall–Kier alpha value is -1.76. The van der Waals surface area contributed by atoms with E-state index in [-0.39, 0.29) is 5.41 Å². The first kappa shape index (κ1) is 21.9. The van der Waals surface area contributed by atoms with E-state index in [4.69, 9.17) is 21.1 Å². The fourth-order valence-electron chi connectivity index (χ4n) is 3.79. The minimum Gasteiger partial charge on any atom is -0.496 e. The van der Waals surface area contributed by atoms with Gasteiger partial charge in [0, 0.05) is 60.1 Å². The van der Waals surface area contributed by atoms with Crippen LogP contribution in [0.25, 0.3) is 0 Å². The molecule has 1 unspecified atom stereocenters. The standard InChI is InChI=1S/C22H30ClN3O2S/c1-16(20-5-4-12-29-20)14-25-21(24-2)26-15-22(8-10-28-11-9-22)18-13-17(23)6-7-19(18)27-3/h4-7,12-13,16H,8-11,14-15H2,1-3H3,(H2,24,25,26). The predicted molar refractivity (Wildman–Crippen MR) is 122 cm³/mol. The van der Waals surface area contributed by atoms with Crippen molar-refractivity contribution in [3.8, 4) is 5.75 Å². The molecular formula is C22H30ClN3O2S. The molecule has 1 fully saturated rings. The number of ether oxygens (including phenoxy) is 2. The van der Waals surface area contributed by atoms with Gasteiger partial charge in [0.15, 0.2) is 5.96 Å². The van der Waals surface area contributed by atoms with Crippen molar-refractivity contribution in [2.24, 2.45) is 4.99 Å². The number of benzene rings is 1. The van der Waals surface area contributed by atoms with E-state index in [1.165, 1.54) is 4.88 Å². The van der Waals surface area contributed by atoms with Gasteiger partial charge in [-0.1, -0.05) is 24.6 Å². The normalized spacial score (nSPS) is 17.6. The van der Waals surface area contributed by atoms with Gasteiger partial charge in [-0.25, -0.2) is 0 Å². The number of nitrogens with zero attached hydrogens (tertiary/aromatic N) is 1. The number of aliphatic imine (C=N–C) groups is 1. The molecule has 2 aromatic rings. The fraction of sp³-hybridized carbons (Fsp3) is 0.500. The predicted octanol–water partition coefficient (Wildman–Crippen LogP) is 4.43. The first-order chi connectivity index (χ1) is 14.1. The molecule has 0 bridgehead atoms. The first-order valence-corrected chi connectivity index (χ1v) is 11.2. The third kappa shape index (κ3) is 5.44. The molecule has 1 aromatic heterocycles. The zero-order valence-electron chi connectivity index (χ0n) is 17.3. The van der Waals surface area contributed by atoms with Crippen molar-refractivity contribution in [2.45, 2.75) is 31.1 Å². The van der Waals surface area contributed by atoms with Crippen molar-refractivity contribution >= 4 is 28.9 Å². The van der Waals surface area contributed by atoms with Gasteiger partial charge in [0.2, 0.25) is 0 Å². The number of halogens is 1. The lowest BCUT2D eigenvalue weighted by Crippen LogP contribution is -2.48. The molecule has 7 heteroatoms. The summed E-state index contributed by atoms with van der Waals surface area (Å²) in [6.07, 6.45) is 1.80. The molecule has 29 heavy (non-hydrogen) atoms. The van der Waals surface area contributed by atoms with E-state index in [2.05, 4.69) is 40.1 Å². The second kappa shape index (κ2) is 10.3. The molecule has 0 saturated carbocycles. The Morgan fingerprint density at radius 3 is 2.76 bits per heavy atom. The lowest BCUT2D eigenvalue weighted by atomic mass is 9.73. The van der Waals surface area contributed by atoms with Gasteiger partial charge in [-0.3, -0.25) is 4.99 Å². The molecule has 1 aliphatic rings. The van der Waals surface area contributed by atoms with Crippen molar-refractivity contribution in [2.75, 3.05) is 40.5 Å². The summed E-state index contributed by atoms with van der Waals surface area (Å²) in [5.41, 5.74) is 1.01. The number of rotatable bonds is 7. The maximum absolute atomic E-state index is 6.34. The highest BCUT2D eigenvalue weighted by molar-refractivity contribution is 7.10. The molecule has 2 N–H and O–H groups in total. The van der Waals surface area contributed by atoms with Crippen LogP contribution in [0.15, 0.2) is 40.7 Å². The number of nitrogens with one attached hydrogen (secondary N) is 2. The van der Waals surface area contributed by atoms with E-state index < -0.39 is 0 Å². The minimum atomic E-state index is -0.120. The van der Waals surface area contributed by atoms with Crippen LogP contribution in [0.2, 0.25) is 5.02 Å². The Morgan fingerprint density at radius 2 is 2.10 bits per heavy atom. The topological polar surface area (TPSA) is 54.9 Å². The van der Waals surface area contributed by atoms with E-state index in [0.717, 1.165) is 61.4 Å². The Kier molecular flexibility index (Phi) is 7.81. The van der Waals surface area contributed by atoms with Crippen LogP contribution in [0, 0.1) is 0 Å². The summed E-state index contributed by atoms with van der Waals surface area (Å²) < 4.78 is 11.3. The molecule has 3 rings (SSSR count). The Balaban J connectivity index is 1.71. The minimum absolute atomic E-state index is 0.120. The van der Waals surface area contributed by atoms with Gasteiger partial charge < -0.3 is 20.1 Å². The number of hydrogen-bond acceptors (Lipinski definition) is 4. The monoisotopic (exact) mass is 435 g/mol. The van der Waals surface area contributed by atoms with Gasteiger partial charge >= 0.3 is 0 Å². The summed E-state index contributed by atoms with van der Waals surface area (Å²) in [5, 5.41) is 9.84. The van der Waals surface area contributed by atoms with Gasteiger partial charge in [0.05, 0.1) is 7.11 Å². The van der Waals surface area contributed by atoms with E-state index in [0.29, 0.717) is 5.92 Å². The largest absolute Gasteiger partial charge is 0.496 e. The number of thiophene rings is 1. The SMILES string of the molecule is CN=C(NCC(C)c1cccs1)NCC1(c2cc(Cl)ccc2OC)CCOCC1. The smallest absolute Gasteiger partial charge is 0.191 e. The van der Waals surface area contributed by atoms with Gasteiger partial charge in [0.1, 0.15) is 5.75 Å². The molecule has 0 aliphatic carbocycles. The van der Waals surface area contributed by atoms with Crippen LogP contribution in [0.1, 0.15) is 36.1 Å². The lowest BCUT2D eigenvalue weighted by molar-refractivity contribution is 0.0505. The molecular weight excluding hydrogens is 406 g/mol. The molecule has 0 amide bonds. The number of hydrogen-bond donors (Lipinski definition) is 2. The molecule has 1 aromatic carbocycles. The molecule has 5 nitrogen and oxygen atoms in total. The molecule has 0 radical (unpaired) electrons. The molecule has 1 aliphatic heterocycles. The molecule has 2 heterocycles. The molecule has 1 saturated heterocycles. The summed E-state index contributed by atoms with van der Waals surface area (Å²) in [7, 11) is 3.52. The van der Waals surface area contributed by atoms with Crippen LogP contribution >= 0.6 is 22.9 Å². The summed E-state index contributed by atoms with van der Waals surface area (Å²) in [6.45, 7) is 5.23. The van der Waals surface area contributed by atoms with Crippen LogP contribution < -0.4 is 15.4 Å². The molecule has 1 atom stereocenters. The average Bonchev–Trinajstić information content (AvgIpc) is 3.29. The zero-order chi connectivity index (χ0) is 20.7. The van der Waals surface area contributed by atoms with Gasteiger partial charge in [-0.15, -0.1) is 11.3 Å². The van der Waals surface area contributed by atoms with Crippen LogP contribution in [-0.2, 0) is 10.2 Å². The number of methoxy groups -OCH3 is 1. The van der Waals surface area contributed by atoms with Crippen molar-refractivity contribution in [1.29, 1.82) is 0 Å². The zero-order valence-corrected chi connectivity index (χ0v) is 18.9. The van der Waals surface area contributed by atoms with Crippen molar-refractivity contribution in [3.05, 3.63) is 51.2 Å². The summed E-state index contributed by atoms with van der Waals surface area (Å²) in [4.78, 5) is 5.79. The third-order valence-corrected chi connectivity index (χ3v) is 6.94. The fourth-order valence-corrected chi connectivity index (χ4v) is 4.75. The number of guanidine groups is 1. The highest BCUT2D eigenvalue weighted by Crippen LogP contribution is 2.40. The maximum atomic E-state index is 6.34. The lowest BCUT2D eigenvalue weighted by Gasteiger charge is -2.39. The summed E-state index contributed by atoms with van der Waals surface area (Å²) >= 11 is 8.12. The highest BCUT2D eigenvalue weighted by Gasteiger charge is 2.37. The average molecular weight is 436 g/mol. The third-order valence-electron chi connectivity index (χ3n) is 5.61. The van der Waals surface area contributed by atoms with E-state index in [1.54, 1.807) is 18.4 Å². The Bertz CT molecular complexity index is 804. The second-order valence-corrected chi connectivity index (χ2v) is 8.88. The van der Waals surface area contributed by atoms with Crippen LogP contribution in [0.4, 0.5) is 0 Å². The second-order valence-electron chi connectivity index (χ2n) is 7.46. The van der Waals surface area contributed by atoms with E-state index in [9.17, 15) is 0 Å².